The highest BCUT2D eigenvalue weighted by Crippen LogP contribution is 2.23. The van der Waals surface area contributed by atoms with Crippen molar-refractivity contribution in [2.45, 2.75) is 17.9 Å². The molecule has 2 aromatic carbocycles. The first-order chi connectivity index (χ1) is 11.6. The van der Waals surface area contributed by atoms with Crippen molar-refractivity contribution in [3.05, 3.63) is 63.6 Å². The number of hydrogen-bond donors (Lipinski definition) is 1. The molecule has 1 unspecified atom stereocenters. The Hall–Kier alpha value is -1.60. The number of amides is 1. The summed E-state index contributed by atoms with van der Waals surface area (Å²) in [5.74, 6) is -0.295. The van der Waals surface area contributed by atoms with Crippen molar-refractivity contribution in [3.63, 3.8) is 0 Å². The minimum atomic E-state index is -3.48. The van der Waals surface area contributed by atoms with Gasteiger partial charge in [0.1, 0.15) is 0 Å². The summed E-state index contributed by atoms with van der Waals surface area (Å²) in [5.41, 5.74) is 1.18. The summed E-state index contributed by atoms with van der Waals surface area (Å²) in [6.45, 7) is 1.81. The van der Waals surface area contributed by atoms with Gasteiger partial charge in [-0.15, -0.1) is 0 Å². The van der Waals surface area contributed by atoms with Gasteiger partial charge in [-0.1, -0.05) is 35.3 Å². The lowest BCUT2D eigenvalue weighted by Gasteiger charge is -2.16. The number of hydrogen-bond acceptors (Lipinski definition) is 3. The first kappa shape index (κ1) is 19.7. The molecule has 5 nitrogen and oxygen atoms in total. The average Bonchev–Trinajstić information content (AvgIpc) is 2.57. The summed E-state index contributed by atoms with van der Waals surface area (Å²) in [7, 11) is -0.524. The van der Waals surface area contributed by atoms with Gasteiger partial charge < -0.3 is 5.32 Å². The zero-order valence-corrected chi connectivity index (χ0v) is 16.3. The van der Waals surface area contributed by atoms with Gasteiger partial charge in [0.25, 0.3) is 5.91 Å². The van der Waals surface area contributed by atoms with E-state index in [0.29, 0.717) is 15.6 Å². The van der Waals surface area contributed by atoms with Crippen LogP contribution >= 0.6 is 23.2 Å². The van der Waals surface area contributed by atoms with E-state index in [2.05, 4.69) is 5.32 Å². The molecule has 1 amide bonds. The van der Waals surface area contributed by atoms with Gasteiger partial charge in [-0.05, 0) is 42.8 Å². The summed E-state index contributed by atoms with van der Waals surface area (Å²) in [4.78, 5) is 12.5. The van der Waals surface area contributed by atoms with E-state index in [9.17, 15) is 13.2 Å². The van der Waals surface area contributed by atoms with Crippen LogP contribution in [-0.4, -0.2) is 32.7 Å². The minimum Gasteiger partial charge on any atom is -0.346 e. The Morgan fingerprint density at radius 3 is 2.16 bits per heavy atom. The Morgan fingerprint density at radius 1 is 1.04 bits per heavy atom. The second-order valence-electron chi connectivity index (χ2n) is 5.68. The van der Waals surface area contributed by atoms with Gasteiger partial charge in [0, 0.05) is 19.7 Å². The fourth-order valence-corrected chi connectivity index (χ4v) is 3.34. The Kier molecular flexibility index (Phi) is 6.11. The SMILES string of the molecule is CC(NC(=O)c1ccc(Cl)c(Cl)c1)c1ccc(S(=O)(=O)N(C)C)cc1. The minimum absolute atomic E-state index is 0.198. The predicted octanol–water partition coefficient (Wildman–Crippen LogP) is 3.73. The lowest BCUT2D eigenvalue weighted by atomic mass is 10.1. The highest BCUT2D eigenvalue weighted by molar-refractivity contribution is 7.89. The highest BCUT2D eigenvalue weighted by atomic mass is 35.5. The monoisotopic (exact) mass is 400 g/mol. The summed E-state index contributed by atoms with van der Waals surface area (Å²) < 4.78 is 25.3. The van der Waals surface area contributed by atoms with Crippen molar-refractivity contribution in [2.24, 2.45) is 0 Å². The number of benzene rings is 2. The molecule has 2 aromatic rings. The molecule has 0 aliphatic rings. The van der Waals surface area contributed by atoms with Crippen LogP contribution in [0.1, 0.15) is 28.9 Å². The fraction of sp³-hybridized carbons (Fsp3) is 0.235. The third-order valence-corrected chi connectivity index (χ3v) is 6.26. The third-order valence-electron chi connectivity index (χ3n) is 3.69. The first-order valence-corrected chi connectivity index (χ1v) is 9.61. The Morgan fingerprint density at radius 2 is 1.64 bits per heavy atom. The van der Waals surface area contributed by atoms with Crippen LogP contribution < -0.4 is 5.32 Å². The number of carbonyl (C=O) groups excluding carboxylic acids is 1. The second-order valence-corrected chi connectivity index (χ2v) is 8.65. The zero-order valence-electron chi connectivity index (χ0n) is 14.0. The maximum Gasteiger partial charge on any atom is 0.251 e. The largest absolute Gasteiger partial charge is 0.346 e. The quantitative estimate of drug-likeness (QED) is 0.830. The molecule has 0 bridgehead atoms. The van der Waals surface area contributed by atoms with Gasteiger partial charge in [0.15, 0.2) is 0 Å². The zero-order chi connectivity index (χ0) is 18.8. The summed E-state index contributed by atoms with van der Waals surface area (Å²) in [6.07, 6.45) is 0. The normalized spacial score (nSPS) is 12.9. The average molecular weight is 401 g/mol. The standard InChI is InChI=1S/C17H18Cl2N2O3S/c1-11(20-17(22)13-6-9-15(18)16(19)10-13)12-4-7-14(8-5-12)25(23,24)21(2)3/h4-11H,1-3H3,(H,20,22). The van der Waals surface area contributed by atoms with Gasteiger partial charge >= 0.3 is 0 Å². The number of nitrogens with zero attached hydrogens (tertiary/aromatic N) is 1. The van der Waals surface area contributed by atoms with Crippen LogP contribution in [0.25, 0.3) is 0 Å². The molecule has 134 valence electrons. The first-order valence-electron chi connectivity index (χ1n) is 7.41. The molecular weight excluding hydrogens is 383 g/mol. The van der Waals surface area contributed by atoms with E-state index < -0.39 is 10.0 Å². The maximum absolute atomic E-state index is 12.3. The lowest BCUT2D eigenvalue weighted by Crippen LogP contribution is -2.26. The van der Waals surface area contributed by atoms with Crippen molar-refractivity contribution in [3.8, 4) is 0 Å². The van der Waals surface area contributed by atoms with E-state index in [-0.39, 0.29) is 16.8 Å². The Labute approximate surface area is 157 Å². The van der Waals surface area contributed by atoms with E-state index in [1.54, 1.807) is 24.3 Å². The second kappa shape index (κ2) is 7.74. The van der Waals surface area contributed by atoms with Gasteiger partial charge in [0.05, 0.1) is 21.0 Å². The predicted molar refractivity (Wildman–Crippen MR) is 99.7 cm³/mol. The van der Waals surface area contributed by atoms with Crippen LogP contribution in [0.15, 0.2) is 47.4 Å². The summed E-state index contributed by atoms with van der Waals surface area (Å²) in [5, 5.41) is 3.52. The van der Waals surface area contributed by atoms with E-state index in [4.69, 9.17) is 23.2 Å². The van der Waals surface area contributed by atoms with Crippen LogP contribution in [0.4, 0.5) is 0 Å². The molecule has 1 N–H and O–H groups in total. The maximum atomic E-state index is 12.3. The van der Waals surface area contributed by atoms with Crippen molar-refractivity contribution >= 4 is 39.1 Å². The van der Waals surface area contributed by atoms with E-state index in [0.717, 1.165) is 9.87 Å². The van der Waals surface area contributed by atoms with Crippen LogP contribution in [-0.2, 0) is 10.0 Å². The van der Waals surface area contributed by atoms with Gasteiger partial charge in [-0.25, -0.2) is 12.7 Å². The van der Waals surface area contributed by atoms with Crippen molar-refractivity contribution in [2.75, 3.05) is 14.1 Å². The molecule has 0 saturated carbocycles. The number of halogens is 2. The lowest BCUT2D eigenvalue weighted by molar-refractivity contribution is 0.0940. The van der Waals surface area contributed by atoms with Crippen LogP contribution in [0.2, 0.25) is 10.0 Å². The van der Waals surface area contributed by atoms with Gasteiger partial charge in [-0.2, -0.15) is 0 Å². The van der Waals surface area contributed by atoms with Gasteiger partial charge in [-0.3, -0.25) is 4.79 Å². The molecule has 1 atom stereocenters. The molecule has 0 heterocycles. The molecule has 0 aliphatic heterocycles. The molecule has 0 radical (unpaired) electrons. The third kappa shape index (κ3) is 4.52. The van der Waals surface area contributed by atoms with E-state index >= 15 is 0 Å². The van der Waals surface area contributed by atoms with Crippen LogP contribution in [0, 0.1) is 0 Å². The summed E-state index contributed by atoms with van der Waals surface area (Å²) >= 11 is 11.8. The van der Waals surface area contributed by atoms with E-state index in [1.165, 1.54) is 32.3 Å². The molecule has 25 heavy (non-hydrogen) atoms. The molecular formula is C17H18Cl2N2O3S. The van der Waals surface area contributed by atoms with Gasteiger partial charge in [0.2, 0.25) is 10.0 Å². The molecule has 0 fully saturated rings. The van der Waals surface area contributed by atoms with Crippen LogP contribution in [0.5, 0.6) is 0 Å². The molecule has 8 heteroatoms. The number of carbonyl (C=O) groups is 1. The number of sulfonamides is 1. The topological polar surface area (TPSA) is 66.5 Å². The molecule has 2 rings (SSSR count). The van der Waals surface area contributed by atoms with Crippen molar-refractivity contribution in [1.29, 1.82) is 0 Å². The van der Waals surface area contributed by atoms with Crippen molar-refractivity contribution in [1.82, 2.24) is 9.62 Å². The highest BCUT2D eigenvalue weighted by Gasteiger charge is 2.18. The molecule has 0 aliphatic carbocycles. The van der Waals surface area contributed by atoms with Crippen LogP contribution in [0.3, 0.4) is 0 Å². The molecule has 0 aromatic heterocycles. The number of rotatable bonds is 5. The number of nitrogens with one attached hydrogen (secondary N) is 1. The fourth-order valence-electron chi connectivity index (χ4n) is 2.14. The Bertz CT molecular complexity index is 881. The van der Waals surface area contributed by atoms with Crippen molar-refractivity contribution < 1.29 is 13.2 Å². The molecule has 0 spiro atoms. The molecule has 0 saturated heterocycles. The Balaban J connectivity index is 2.14. The van der Waals surface area contributed by atoms with E-state index in [1.807, 2.05) is 6.92 Å². The summed E-state index contributed by atoms with van der Waals surface area (Å²) in [6, 6.07) is 10.7. The smallest absolute Gasteiger partial charge is 0.251 e.